The average Bonchev–Trinajstić information content (AvgIpc) is 2.76. The summed E-state index contributed by atoms with van der Waals surface area (Å²) in [5, 5.41) is 2.38. The van der Waals surface area contributed by atoms with Gasteiger partial charge in [0.25, 0.3) is 0 Å². The van der Waals surface area contributed by atoms with Gasteiger partial charge in [-0.15, -0.1) is 0 Å². The summed E-state index contributed by atoms with van der Waals surface area (Å²) < 4.78 is 5.19. The minimum absolute atomic E-state index is 0.470. The Labute approximate surface area is 164 Å². The molecule has 0 heterocycles. The van der Waals surface area contributed by atoms with Gasteiger partial charge in [0.05, 0.1) is 0 Å². The Bertz CT molecular complexity index is 1120. The molecule has 28 heavy (non-hydrogen) atoms. The third-order valence-corrected chi connectivity index (χ3v) is 4.49. The number of benzene rings is 4. The first-order valence-electron chi connectivity index (χ1n) is 9.03. The van der Waals surface area contributed by atoms with Crippen LogP contribution in [-0.4, -0.2) is 5.97 Å². The van der Waals surface area contributed by atoms with E-state index in [2.05, 4.69) is 53.9 Å². The van der Waals surface area contributed by atoms with Crippen LogP contribution in [0.15, 0.2) is 110 Å². The first-order chi connectivity index (χ1) is 13.7. The number of fused-ring (bicyclic) bond motifs is 1. The molecule has 0 aliphatic carbocycles. The van der Waals surface area contributed by atoms with Crippen molar-refractivity contribution in [3.8, 4) is 5.75 Å². The number of nitrogens with zero attached hydrogens (tertiary/aromatic N) is 1. The lowest BCUT2D eigenvalue weighted by Gasteiger charge is -2.26. The Morgan fingerprint density at radius 1 is 0.714 bits per heavy atom. The second-order valence-corrected chi connectivity index (χ2v) is 6.32. The highest BCUT2D eigenvalue weighted by atomic mass is 16.5. The van der Waals surface area contributed by atoms with Gasteiger partial charge in [-0.25, -0.2) is 4.79 Å². The van der Waals surface area contributed by atoms with Crippen molar-refractivity contribution in [1.29, 1.82) is 0 Å². The van der Waals surface area contributed by atoms with Gasteiger partial charge >= 0.3 is 5.97 Å². The van der Waals surface area contributed by atoms with E-state index in [1.54, 1.807) is 12.1 Å². The summed E-state index contributed by atoms with van der Waals surface area (Å²) in [6.45, 7) is 3.42. The molecule has 3 nitrogen and oxygen atoms in total. The van der Waals surface area contributed by atoms with Crippen molar-refractivity contribution in [2.45, 2.75) is 0 Å². The number of carbonyl (C=O) groups is 1. The van der Waals surface area contributed by atoms with Crippen LogP contribution in [0.3, 0.4) is 0 Å². The highest BCUT2D eigenvalue weighted by molar-refractivity contribution is 5.89. The topological polar surface area (TPSA) is 29.5 Å². The third kappa shape index (κ3) is 3.64. The number of esters is 1. The van der Waals surface area contributed by atoms with E-state index in [1.165, 1.54) is 10.8 Å². The van der Waals surface area contributed by atoms with Gasteiger partial charge in [0, 0.05) is 23.1 Å². The molecule has 0 saturated heterocycles. The summed E-state index contributed by atoms with van der Waals surface area (Å²) in [5.41, 5.74) is 3.08. The highest BCUT2D eigenvalue weighted by Crippen LogP contribution is 2.36. The van der Waals surface area contributed by atoms with Crippen molar-refractivity contribution in [3.05, 3.63) is 110 Å². The number of ether oxygens (including phenoxy) is 1. The lowest BCUT2D eigenvalue weighted by molar-refractivity contribution is -0.128. The fourth-order valence-electron chi connectivity index (χ4n) is 3.16. The molecule has 0 bridgehead atoms. The quantitative estimate of drug-likeness (QED) is 0.233. The molecule has 0 aromatic heterocycles. The zero-order valence-corrected chi connectivity index (χ0v) is 15.3. The molecule has 4 aromatic carbocycles. The Balaban J connectivity index is 1.77. The number of hydrogen-bond donors (Lipinski definition) is 0. The van der Waals surface area contributed by atoms with Gasteiger partial charge in [0.1, 0.15) is 5.75 Å². The summed E-state index contributed by atoms with van der Waals surface area (Å²) in [4.78, 5) is 13.6. The predicted molar refractivity (Wildman–Crippen MR) is 114 cm³/mol. The maximum atomic E-state index is 11.4. The van der Waals surface area contributed by atoms with Crippen LogP contribution in [0.5, 0.6) is 5.75 Å². The van der Waals surface area contributed by atoms with E-state index in [1.807, 2.05) is 42.5 Å². The van der Waals surface area contributed by atoms with Crippen LogP contribution in [-0.2, 0) is 4.79 Å². The molecule has 0 aliphatic heterocycles. The molecule has 0 N–H and O–H groups in total. The maximum absolute atomic E-state index is 11.4. The second kappa shape index (κ2) is 7.80. The van der Waals surface area contributed by atoms with Gasteiger partial charge in [0.15, 0.2) is 0 Å². The summed E-state index contributed by atoms with van der Waals surface area (Å²) in [5.74, 6) is 0.0161. The van der Waals surface area contributed by atoms with E-state index in [9.17, 15) is 4.79 Å². The van der Waals surface area contributed by atoms with Crippen molar-refractivity contribution in [2.24, 2.45) is 0 Å². The Hall–Kier alpha value is -3.85. The Morgan fingerprint density at radius 2 is 1.32 bits per heavy atom. The lowest BCUT2D eigenvalue weighted by Crippen LogP contribution is -2.10. The van der Waals surface area contributed by atoms with E-state index in [0.29, 0.717) is 5.75 Å². The fourth-order valence-corrected chi connectivity index (χ4v) is 3.16. The number of hydrogen-bond acceptors (Lipinski definition) is 3. The molecule has 0 fully saturated rings. The molecule has 0 amide bonds. The van der Waals surface area contributed by atoms with Crippen molar-refractivity contribution in [3.63, 3.8) is 0 Å². The average molecular weight is 365 g/mol. The number of rotatable bonds is 5. The monoisotopic (exact) mass is 365 g/mol. The maximum Gasteiger partial charge on any atom is 0.335 e. The summed E-state index contributed by atoms with van der Waals surface area (Å²) in [7, 11) is 0. The van der Waals surface area contributed by atoms with Crippen molar-refractivity contribution in [1.82, 2.24) is 0 Å². The third-order valence-electron chi connectivity index (χ3n) is 4.49. The van der Waals surface area contributed by atoms with Crippen molar-refractivity contribution in [2.75, 3.05) is 4.90 Å². The van der Waals surface area contributed by atoms with Gasteiger partial charge in [-0.2, -0.15) is 0 Å². The van der Waals surface area contributed by atoms with Crippen LogP contribution in [0.25, 0.3) is 10.8 Å². The zero-order chi connectivity index (χ0) is 19.3. The minimum atomic E-state index is -0.470. The van der Waals surface area contributed by atoms with Crippen LogP contribution >= 0.6 is 0 Å². The van der Waals surface area contributed by atoms with Crippen LogP contribution in [0.1, 0.15) is 0 Å². The molecule has 4 rings (SSSR count). The molecule has 3 heteroatoms. The zero-order valence-electron chi connectivity index (χ0n) is 15.3. The summed E-state index contributed by atoms with van der Waals surface area (Å²) in [6, 6.07) is 32.3. The number of anilines is 3. The molecule has 4 aromatic rings. The Kier molecular flexibility index (Phi) is 4.89. The Morgan fingerprint density at radius 3 is 2.04 bits per heavy atom. The van der Waals surface area contributed by atoms with E-state index in [-0.39, 0.29) is 0 Å². The van der Waals surface area contributed by atoms with Crippen molar-refractivity contribution < 1.29 is 9.53 Å². The SMILES string of the molecule is C=CC(=O)Oc1ccc(N(c2ccccc2)c2ccc3ccccc3c2)cc1. The standard InChI is InChI=1S/C25H19NO2/c1-2-25(27)28-24-16-14-22(15-17-24)26(21-10-4-3-5-11-21)23-13-12-19-8-6-7-9-20(19)18-23/h2-18H,1H2. The first kappa shape index (κ1) is 17.6. The number of carbonyl (C=O) groups excluding carboxylic acids is 1. The van der Waals surface area contributed by atoms with Crippen LogP contribution in [0, 0.1) is 0 Å². The highest BCUT2D eigenvalue weighted by Gasteiger charge is 2.13. The number of para-hydroxylation sites is 1. The fraction of sp³-hybridized carbons (Fsp3) is 0. The second-order valence-electron chi connectivity index (χ2n) is 6.32. The van der Waals surface area contributed by atoms with Gasteiger partial charge in [-0.3, -0.25) is 0 Å². The molecule has 0 radical (unpaired) electrons. The lowest BCUT2D eigenvalue weighted by atomic mass is 10.1. The van der Waals surface area contributed by atoms with E-state index < -0.39 is 5.97 Å². The summed E-state index contributed by atoms with van der Waals surface area (Å²) in [6.07, 6.45) is 1.15. The van der Waals surface area contributed by atoms with E-state index in [4.69, 9.17) is 4.74 Å². The molecular formula is C25H19NO2. The van der Waals surface area contributed by atoms with Gasteiger partial charge in [-0.05, 0) is 59.3 Å². The van der Waals surface area contributed by atoms with Gasteiger partial charge in [-0.1, -0.05) is 55.1 Å². The molecule has 0 aliphatic rings. The molecule has 0 unspecified atom stereocenters. The molecule has 0 saturated carbocycles. The molecule has 136 valence electrons. The van der Waals surface area contributed by atoms with Crippen LogP contribution in [0.4, 0.5) is 17.1 Å². The van der Waals surface area contributed by atoms with E-state index >= 15 is 0 Å². The summed E-state index contributed by atoms with van der Waals surface area (Å²) >= 11 is 0. The van der Waals surface area contributed by atoms with Gasteiger partial charge in [0.2, 0.25) is 0 Å². The molecule has 0 atom stereocenters. The van der Waals surface area contributed by atoms with Gasteiger partial charge < -0.3 is 9.64 Å². The predicted octanol–water partition coefficient (Wildman–Crippen LogP) is 6.40. The largest absolute Gasteiger partial charge is 0.423 e. The van der Waals surface area contributed by atoms with Crippen LogP contribution in [0.2, 0.25) is 0 Å². The van der Waals surface area contributed by atoms with E-state index in [0.717, 1.165) is 23.1 Å². The smallest absolute Gasteiger partial charge is 0.335 e. The van der Waals surface area contributed by atoms with Crippen LogP contribution < -0.4 is 9.64 Å². The normalized spacial score (nSPS) is 10.4. The molecule has 0 spiro atoms. The first-order valence-corrected chi connectivity index (χ1v) is 9.03. The minimum Gasteiger partial charge on any atom is -0.423 e. The van der Waals surface area contributed by atoms with Crippen molar-refractivity contribution >= 4 is 33.8 Å². The molecular weight excluding hydrogens is 346 g/mol.